The highest BCUT2D eigenvalue weighted by Gasteiger charge is 2.34. The van der Waals surface area contributed by atoms with Gasteiger partial charge in [0.2, 0.25) is 11.8 Å². The van der Waals surface area contributed by atoms with Gasteiger partial charge in [-0.2, -0.15) is 0 Å². The van der Waals surface area contributed by atoms with Crippen LogP contribution in [0.4, 0.5) is 5.69 Å². The molecule has 0 bridgehead atoms. The lowest BCUT2D eigenvalue weighted by atomic mass is 10.1. The molecule has 0 heterocycles. The molecular formula is C28H31Cl2N3O5S. The Hall–Kier alpha value is -3.27. The third-order valence-electron chi connectivity index (χ3n) is 6.01. The van der Waals surface area contributed by atoms with Crippen molar-refractivity contribution in [2.45, 2.75) is 37.8 Å². The summed E-state index contributed by atoms with van der Waals surface area (Å²) >= 11 is 12.0. The summed E-state index contributed by atoms with van der Waals surface area (Å²) in [6, 6.07) is 18.3. The molecule has 208 valence electrons. The van der Waals surface area contributed by atoms with Crippen LogP contribution >= 0.6 is 23.2 Å². The van der Waals surface area contributed by atoms with Crippen LogP contribution < -0.4 is 14.4 Å². The zero-order valence-electron chi connectivity index (χ0n) is 21.9. The summed E-state index contributed by atoms with van der Waals surface area (Å²) in [5.41, 5.74) is 0.930. The van der Waals surface area contributed by atoms with Crippen molar-refractivity contribution >= 4 is 50.7 Å². The quantitative estimate of drug-likeness (QED) is 0.314. The average molecular weight is 593 g/mol. The average Bonchev–Trinajstić information content (AvgIpc) is 2.93. The Morgan fingerprint density at radius 1 is 0.923 bits per heavy atom. The van der Waals surface area contributed by atoms with E-state index in [0.717, 1.165) is 9.87 Å². The SMILES string of the molecule is CCOc1ccccc1N(CC(=O)N(Cc1ccc(Cl)cc1)[C@H](CC)C(=O)NC)S(=O)(=O)c1ccc(Cl)cc1. The van der Waals surface area contributed by atoms with Crippen LogP contribution in [0.1, 0.15) is 25.8 Å². The van der Waals surface area contributed by atoms with Gasteiger partial charge < -0.3 is 15.0 Å². The van der Waals surface area contributed by atoms with E-state index in [1.165, 1.54) is 36.2 Å². The van der Waals surface area contributed by atoms with E-state index < -0.39 is 28.5 Å². The largest absolute Gasteiger partial charge is 0.492 e. The van der Waals surface area contributed by atoms with Crippen molar-refractivity contribution in [3.05, 3.63) is 88.4 Å². The highest BCUT2D eigenvalue weighted by Crippen LogP contribution is 2.33. The zero-order valence-corrected chi connectivity index (χ0v) is 24.3. The maximum absolute atomic E-state index is 14.0. The fourth-order valence-corrected chi connectivity index (χ4v) is 5.74. The maximum atomic E-state index is 14.0. The molecule has 1 N–H and O–H groups in total. The lowest BCUT2D eigenvalue weighted by molar-refractivity contribution is -0.140. The highest BCUT2D eigenvalue weighted by atomic mass is 35.5. The number of hydrogen-bond acceptors (Lipinski definition) is 5. The maximum Gasteiger partial charge on any atom is 0.264 e. The first kappa shape index (κ1) is 30.3. The van der Waals surface area contributed by atoms with Gasteiger partial charge in [0.05, 0.1) is 17.2 Å². The lowest BCUT2D eigenvalue weighted by Gasteiger charge is -2.33. The summed E-state index contributed by atoms with van der Waals surface area (Å²) < 4.78 is 34.6. The number of carbonyl (C=O) groups excluding carboxylic acids is 2. The van der Waals surface area contributed by atoms with E-state index in [-0.39, 0.29) is 29.6 Å². The number of amides is 2. The molecule has 3 aromatic carbocycles. The third-order valence-corrected chi connectivity index (χ3v) is 8.29. The molecule has 0 saturated heterocycles. The molecule has 0 aromatic heterocycles. The molecule has 0 fully saturated rings. The summed E-state index contributed by atoms with van der Waals surface area (Å²) in [4.78, 5) is 28.1. The number of nitrogens with one attached hydrogen (secondary N) is 1. The number of carbonyl (C=O) groups is 2. The Labute approximate surface area is 239 Å². The molecule has 3 rings (SSSR count). The van der Waals surface area contributed by atoms with Crippen molar-refractivity contribution in [2.75, 3.05) is 24.5 Å². The van der Waals surface area contributed by atoms with Crippen LogP contribution in [0.15, 0.2) is 77.7 Å². The molecule has 11 heteroatoms. The van der Waals surface area contributed by atoms with Crippen molar-refractivity contribution in [3.8, 4) is 5.75 Å². The number of likely N-dealkylation sites (N-methyl/N-ethyl adjacent to an activating group) is 1. The number of ether oxygens (including phenoxy) is 1. The fraction of sp³-hybridized carbons (Fsp3) is 0.286. The first-order chi connectivity index (χ1) is 18.6. The molecular weight excluding hydrogens is 561 g/mol. The second-order valence-corrected chi connectivity index (χ2v) is 11.3. The van der Waals surface area contributed by atoms with Gasteiger partial charge in [0.25, 0.3) is 10.0 Å². The number of benzene rings is 3. The first-order valence-corrected chi connectivity index (χ1v) is 14.6. The lowest BCUT2D eigenvalue weighted by Crippen LogP contribution is -2.51. The number of halogens is 2. The van der Waals surface area contributed by atoms with Crippen LogP contribution in [0, 0.1) is 0 Å². The second-order valence-electron chi connectivity index (χ2n) is 8.55. The molecule has 8 nitrogen and oxygen atoms in total. The van der Waals surface area contributed by atoms with Gasteiger partial charge >= 0.3 is 0 Å². The fourth-order valence-electron chi connectivity index (χ4n) is 4.06. The highest BCUT2D eigenvalue weighted by molar-refractivity contribution is 7.92. The number of para-hydroxylation sites is 2. The Morgan fingerprint density at radius 2 is 1.51 bits per heavy atom. The van der Waals surface area contributed by atoms with Gasteiger partial charge in [-0.25, -0.2) is 8.42 Å². The van der Waals surface area contributed by atoms with E-state index in [1.54, 1.807) is 62.4 Å². The van der Waals surface area contributed by atoms with Crippen molar-refractivity contribution in [1.82, 2.24) is 10.2 Å². The van der Waals surface area contributed by atoms with Crippen molar-refractivity contribution in [2.24, 2.45) is 0 Å². The summed E-state index contributed by atoms with van der Waals surface area (Å²) in [7, 11) is -2.76. The molecule has 0 unspecified atom stereocenters. The molecule has 0 radical (unpaired) electrons. The second kappa shape index (κ2) is 13.7. The number of anilines is 1. The summed E-state index contributed by atoms with van der Waals surface area (Å²) in [5, 5.41) is 3.50. The van der Waals surface area contributed by atoms with Crippen LogP contribution in [0.25, 0.3) is 0 Å². The minimum absolute atomic E-state index is 0.0476. The van der Waals surface area contributed by atoms with Gasteiger partial charge in [0, 0.05) is 23.6 Å². The van der Waals surface area contributed by atoms with Crippen molar-refractivity contribution in [3.63, 3.8) is 0 Å². The van der Waals surface area contributed by atoms with Gasteiger partial charge in [0.1, 0.15) is 18.3 Å². The smallest absolute Gasteiger partial charge is 0.264 e. The topological polar surface area (TPSA) is 96.0 Å². The molecule has 0 aliphatic carbocycles. The molecule has 39 heavy (non-hydrogen) atoms. The van der Waals surface area contributed by atoms with Crippen LogP contribution in [0.3, 0.4) is 0 Å². The minimum Gasteiger partial charge on any atom is -0.492 e. The Morgan fingerprint density at radius 3 is 2.08 bits per heavy atom. The number of rotatable bonds is 12. The predicted octanol–water partition coefficient (Wildman–Crippen LogP) is 5.14. The first-order valence-electron chi connectivity index (χ1n) is 12.4. The van der Waals surface area contributed by atoms with Crippen LogP contribution in [-0.2, 0) is 26.2 Å². The zero-order chi connectivity index (χ0) is 28.6. The van der Waals surface area contributed by atoms with Gasteiger partial charge in [-0.1, -0.05) is 54.4 Å². The van der Waals surface area contributed by atoms with E-state index in [4.69, 9.17) is 27.9 Å². The summed E-state index contributed by atoms with van der Waals surface area (Å²) in [6.45, 7) is 3.36. The third kappa shape index (κ3) is 7.44. The van der Waals surface area contributed by atoms with Gasteiger partial charge in [0.15, 0.2) is 0 Å². The number of nitrogens with zero attached hydrogens (tertiary/aromatic N) is 2. The van der Waals surface area contributed by atoms with Crippen LogP contribution in [0.5, 0.6) is 5.75 Å². The van der Waals surface area contributed by atoms with Gasteiger partial charge in [-0.05, 0) is 67.4 Å². The Kier molecular flexibility index (Phi) is 10.6. The van der Waals surface area contributed by atoms with E-state index in [2.05, 4.69) is 5.32 Å². The molecule has 0 aliphatic heterocycles. The molecule has 0 spiro atoms. The normalized spacial score (nSPS) is 11.9. The molecule has 3 aromatic rings. The summed E-state index contributed by atoms with van der Waals surface area (Å²) in [5.74, 6) is -0.626. The van der Waals surface area contributed by atoms with E-state index >= 15 is 0 Å². The van der Waals surface area contributed by atoms with E-state index in [0.29, 0.717) is 22.2 Å². The van der Waals surface area contributed by atoms with Crippen LogP contribution in [0.2, 0.25) is 10.0 Å². The number of hydrogen-bond donors (Lipinski definition) is 1. The van der Waals surface area contributed by atoms with E-state index in [1.807, 2.05) is 0 Å². The standard InChI is InChI=1S/C28H31Cl2N3O5S/c1-4-24(28(35)31-3)32(18-20-10-12-21(29)13-11-20)27(34)19-33(25-8-6-7-9-26(25)38-5-2)39(36,37)23-16-14-22(30)15-17-23/h6-17,24H,4-5,18-19H2,1-3H3,(H,31,35)/t24-/m1/s1. The van der Waals surface area contributed by atoms with Crippen molar-refractivity contribution in [1.29, 1.82) is 0 Å². The molecule has 2 amide bonds. The Bertz CT molecular complexity index is 1380. The monoisotopic (exact) mass is 591 g/mol. The van der Waals surface area contributed by atoms with Crippen molar-refractivity contribution < 1.29 is 22.7 Å². The van der Waals surface area contributed by atoms with Gasteiger partial charge in [-0.15, -0.1) is 0 Å². The Balaban J connectivity index is 2.10. The molecule has 1 atom stereocenters. The minimum atomic E-state index is -4.25. The summed E-state index contributed by atoms with van der Waals surface area (Å²) in [6.07, 6.45) is 0.318. The van der Waals surface area contributed by atoms with Crippen LogP contribution in [-0.4, -0.2) is 51.4 Å². The predicted molar refractivity (Wildman–Crippen MR) is 154 cm³/mol. The van der Waals surface area contributed by atoms with Gasteiger partial charge in [-0.3, -0.25) is 13.9 Å². The number of sulfonamides is 1. The molecule has 0 saturated carbocycles. The van der Waals surface area contributed by atoms with E-state index in [9.17, 15) is 18.0 Å². The molecule has 0 aliphatic rings.